The second-order valence-corrected chi connectivity index (χ2v) is 7.10. The number of rotatable bonds is 4. The maximum absolute atomic E-state index is 11.0. The van der Waals surface area contributed by atoms with Gasteiger partial charge in [-0.15, -0.1) is 0 Å². The highest BCUT2D eigenvalue weighted by Gasteiger charge is 2.42. The van der Waals surface area contributed by atoms with Crippen molar-refractivity contribution in [1.29, 1.82) is 0 Å². The molecule has 2 aliphatic rings. The summed E-state index contributed by atoms with van der Waals surface area (Å²) in [6.07, 6.45) is 4.61. The largest absolute Gasteiger partial charge is 0.370 e. The molecule has 1 N–H and O–H groups in total. The number of piperidine rings is 1. The molecule has 4 nitrogen and oxygen atoms in total. The molecule has 3 rings (SSSR count). The Hall–Kier alpha value is -1.39. The van der Waals surface area contributed by atoms with Gasteiger partial charge in [0.1, 0.15) is 0 Å². The maximum atomic E-state index is 11.0. The summed E-state index contributed by atoms with van der Waals surface area (Å²) < 4.78 is 6.32. The molecule has 23 heavy (non-hydrogen) atoms. The number of carbonyl (C=O) groups excluding carboxylic acids is 1. The Labute approximate surface area is 139 Å². The van der Waals surface area contributed by atoms with Crippen molar-refractivity contribution < 1.29 is 9.53 Å². The maximum Gasteiger partial charge on any atom is 0.216 e. The van der Waals surface area contributed by atoms with Crippen LogP contribution in [-0.2, 0) is 16.1 Å². The minimum Gasteiger partial charge on any atom is -0.370 e. The van der Waals surface area contributed by atoms with E-state index in [2.05, 4.69) is 41.4 Å². The lowest BCUT2D eigenvalue weighted by Gasteiger charge is -2.39. The van der Waals surface area contributed by atoms with Crippen LogP contribution in [0.25, 0.3) is 0 Å². The second-order valence-electron chi connectivity index (χ2n) is 7.10. The third-order valence-corrected chi connectivity index (χ3v) is 5.34. The van der Waals surface area contributed by atoms with E-state index in [1.807, 2.05) is 0 Å². The SMILES string of the molecule is CC(=O)NC[C@H]1CCC2(CCN(Cc3ccccc3C)CC2)O1. The van der Waals surface area contributed by atoms with Crippen LogP contribution in [0.2, 0.25) is 0 Å². The van der Waals surface area contributed by atoms with E-state index < -0.39 is 0 Å². The van der Waals surface area contributed by atoms with Gasteiger partial charge >= 0.3 is 0 Å². The normalized spacial score (nSPS) is 24.0. The summed E-state index contributed by atoms with van der Waals surface area (Å²) in [5, 5.41) is 2.88. The van der Waals surface area contributed by atoms with Crippen molar-refractivity contribution in [2.24, 2.45) is 0 Å². The lowest BCUT2D eigenvalue weighted by molar-refractivity contribution is -0.120. The molecular weight excluding hydrogens is 288 g/mol. The number of carbonyl (C=O) groups is 1. The molecule has 0 aromatic heterocycles. The van der Waals surface area contributed by atoms with Gasteiger partial charge in [-0.05, 0) is 43.7 Å². The molecule has 1 spiro atoms. The molecule has 0 unspecified atom stereocenters. The number of ether oxygens (including phenoxy) is 1. The number of amides is 1. The van der Waals surface area contributed by atoms with E-state index in [1.165, 1.54) is 11.1 Å². The van der Waals surface area contributed by atoms with Gasteiger partial charge in [0.25, 0.3) is 0 Å². The molecule has 0 aliphatic carbocycles. The van der Waals surface area contributed by atoms with Crippen LogP contribution in [0.1, 0.15) is 43.7 Å². The van der Waals surface area contributed by atoms with Crippen molar-refractivity contribution in [2.75, 3.05) is 19.6 Å². The highest BCUT2D eigenvalue weighted by molar-refractivity contribution is 5.72. The predicted molar refractivity (Wildman–Crippen MR) is 91.2 cm³/mol. The van der Waals surface area contributed by atoms with Crippen LogP contribution < -0.4 is 5.32 Å². The number of likely N-dealkylation sites (tertiary alicyclic amines) is 1. The topological polar surface area (TPSA) is 41.6 Å². The van der Waals surface area contributed by atoms with E-state index in [-0.39, 0.29) is 17.6 Å². The Balaban J connectivity index is 1.49. The summed E-state index contributed by atoms with van der Waals surface area (Å²) in [5.41, 5.74) is 2.87. The fourth-order valence-corrected chi connectivity index (χ4v) is 3.81. The monoisotopic (exact) mass is 316 g/mol. The van der Waals surface area contributed by atoms with Crippen LogP contribution in [0.15, 0.2) is 24.3 Å². The van der Waals surface area contributed by atoms with Crippen molar-refractivity contribution >= 4 is 5.91 Å². The van der Waals surface area contributed by atoms with Crippen LogP contribution in [-0.4, -0.2) is 42.1 Å². The molecule has 1 atom stereocenters. The Bertz CT molecular complexity index is 550. The van der Waals surface area contributed by atoms with E-state index in [1.54, 1.807) is 6.92 Å². The van der Waals surface area contributed by atoms with Crippen LogP contribution in [0.5, 0.6) is 0 Å². The summed E-state index contributed by atoms with van der Waals surface area (Å²) in [4.78, 5) is 13.6. The summed E-state index contributed by atoms with van der Waals surface area (Å²) in [6, 6.07) is 8.65. The zero-order chi connectivity index (χ0) is 16.3. The van der Waals surface area contributed by atoms with Crippen molar-refractivity contribution in [3.8, 4) is 0 Å². The Morgan fingerprint density at radius 1 is 1.30 bits per heavy atom. The van der Waals surface area contributed by atoms with Gasteiger partial charge in [0, 0.05) is 33.1 Å². The van der Waals surface area contributed by atoms with Gasteiger partial charge in [0.2, 0.25) is 5.91 Å². The Morgan fingerprint density at radius 2 is 2.04 bits per heavy atom. The first kappa shape index (κ1) is 16.5. The van der Waals surface area contributed by atoms with Crippen molar-refractivity contribution in [3.05, 3.63) is 35.4 Å². The Kier molecular flexibility index (Phi) is 5.02. The molecule has 1 aromatic carbocycles. The minimum atomic E-state index is 0.0302. The minimum absolute atomic E-state index is 0.0302. The van der Waals surface area contributed by atoms with Crippen LogP contribution in [0, 0.1) is 6.92 Å². The smallest absolute Gasteiger partial charge is 0.216 e. The van der Waals surface area contributed by atoms with Gasteiger partial charge < -0.3 is 10.1 Å². The Morgan fingerprint density at radius 3 is 2.74 bits per heavy atom. The number of nitrogens with one attached hydrogen (secondary N) is 1. The van der Waals surface area contributed by atoms with E-state index in [0.717, 1.165) is 45.3 Å². The number of nitrogens with zero attached hydrogens (tertiary/aromatic N) is 1. The van der Waals surface area contributed by atoms with Crippen molar-refractivity contribution in [2.45, 2.75) is 57.8 Å². The van der Waals surface area contributed by atoms with Gasteiger partial charge in [-0.3, -0.25) is 9.69 Å². The summed E-state index contributed by atoms with van der Waals surface area (Å²) in [7, 11) is 0. The van der Waals surface area contributed by atoms with Crippen molar-refractivity contribution in [1.82, 2.24) is 10.2 Å². The highest BCUT2D eigenvalue weighted by Crippen LogP contribution is 2.39. The zero-order valence-electron chi connectivity index (χ0n) is 14.3. The molecule has 2 fully saturated rings. The molecule has 2 aliphatic heterocycles. The van der Waals surface area contributed by atoms with Crippen LogP contribution >= 0.6 is 0 Å². The van der Waals surface area contributed by atoms with Crippen molar-refractivity contribution in [3.63, 3.8) is 0 Å². The second kappa shape index (κ2) is 7.02. The molecule has 2 saturated heterocycles. The first-order valence-corrected chi connectivity index (χ1v) is 8.75. The molecule has 126 valence electrons. The molecule has 0 bridgehead atoms. The van der Waals surface area contributed by atoms with Gasteiger partial charge in [-0.1, -0.05) is 24.3 Å². The highest BCUT2D eigenvalue weighted by atomic mass is 16.5. The van der Waals surface area contributed by atoms with Crippen LogP contribution in [0.3, 0.4) is 0 Å². The van der Waals surface area contributed by atoms with E-state index in [4.69, 9.17) is 4.74 Å². The number of benzene rings is 1. The number of aryl methyl sites for hydroxylation is 1. The quantitative estimate of drug-likeness (QED) is 0.928. The van der Waals surface area contributed by atoms with Crippen LogP contribution in [0.4, 0.5) is 0 Å². The summed E-state index contributed by atoms with van der Waals surface area (Å²) in [5.74, 6) is 0.0302. The summed E-state index contributed by atoms with van der Waals surface area (Å²) in [6.45, 7) is 7.65. The average Bonchev–Trinajstić information content (AvgIpc) is 2.93. The molecular formula is C19H28N2O2. The number of hydrogen-bond donors (Lipinski definition) is 1. The lowest BCUT2D eigenvalue weighted by Crippen LogP contribution is -2.44. The van der Waals surface area contributed by atoms with E-state index in [9.17, 15) is 4.79 Å². The molecule has 1 amide bonds. The van der Waals surface area contributed by atoms with E-state index >= 15 is 0 Å². The predicted octanol–water partition coefficient (Wildman–Crippen LogP) is 2.64. The first-order valence-electron chi connectivity index (χ1n) is 8.75. The summed E-state index contributed by atoms with van der Waals surface area (Å²) >= 11 is 0. The fraction of sp³-hybridized carbons (Fsp3) is 0.632. The van der Waals surface area contributed by atoms with Gasteiger partial charge in [0.15, 0.2) is 0 Å². The zero-order valence-corrected chi connectivity index (χ0v) is 14.3. The third-order valence-electron chi connectivity index (χ3n) is 5.34. The molecule has 0 radical (unpaired) electrons. The lowest BCUT2D eigenvalue weighted by atomic mass is 9.88. The molecule has 4 heteroatoms. The molecule has 2 heterocycles. The fourth-order valence-electron chi connectivity index (χ4n) is 3.81. The van der Waals surface area contributed by atoms with Gasteiger partial charge in [-0.2, -0.15) is 0 Å². The first-order chi connectivity index (χ1) is 11.1. The molecule has 0 saturated carbocycles. The van der Waals surface area contributed by atoms with Gasteiger partial charge in [0.05, 0.1) is 11.7 Å². The number of hydrogen-bond acceptors (Lipinski definition) is 3. The standard InChI is InChI=1S/C19H28N2O2/c1-15-5-3-4-6-17(15)14-21-11-9-19(10-12-21)8-7-18(23-19)13-20-16(2)22/h3-6,18H,7-14H2,1-2H3,(H,20,22)/t18-/m1/s1. The van der Waals surface area contributed by atoms with E-state index in [0.29, 0.717) is 6.54 Å². The van der Waals surface area contributed by atoms with Gasteiger partial charge in [-0.25, -0.2) is 0 Å². The average molecular weight is 316 g/mol. The molecule has 1 aromatic rings. The third kappa shape index (κ3) is 4.12.